The van der Waals surface area contributed by atoms with Gasteiger partial charge in [-0.25, -0.2) is 6.14 Å². The molecule has 2 N–H and O–H groups in total. The molecule has 0 radical (unpaired) electrons. The number of aliphatic carboxylic acids is 1. The van der Waals surface area contributed by atoms with E-state index >= 15 is 0 Å². The van der Waals surface area contributed by atoms with Crippen molar-refractivity contribution in [3.63, 3.8) is 0 Å². The molecule has 0 bridgehead atoms. The van der Waals surface area contributed by atoms with Gasteiger partial charge in [0.25, 0.3) is 11.6 Å². The average Bonchev–Trinajstić information content (AvgIpc) is 2.34. The standard InChI is InChI=1S/C9H7IN2O7/c13-8(14)4-11-9(15)5-1-2-7(12(18)19)6(3-5)10(16)17/h1-3H,4H2,(H,11,15)(H,13,14). The minimum atomic E-state index is -4.14. The second kappa shape index (κ2) is 6.17. The van der Waals surface area contributed by atoms with E-state index in [0.717, 1.165) is 18.2 Å². The van der Waals surface area contributed by atoms with Gasteiger partial charge in [-0.1, -0.05) is 0 Å². The molecule has 0 saturated heterocycles. The van der Waals surface area contributed by atoms with E-state index in [-0.39, 0.29) is 5.56 Å². The first-order chi connectivity index (χ1) is 8.82. The first kappa shape index (κ1) is 14.9. The first-order valence-corrected chi connectivity index (χ1v) is 7.50. The zero-order chi connectivity index (χ0) is 14.6. The SMILES string of the molecule is O=C(O)CNC(=O)c1ccc([N+](=O)[O-])c(I(=O)=O)c1. The molecule has 19 heavy (non-hydrogen) atoms. The summed E-state index contributed by atoms with van der Waals surface area (Å²) in [6.07, 6.45) is 0. The highest BCUT2D eigenvalue weighted by molar-refractivity contribution is 14.2. The molecule has 0 atom stereocenters. The number of benzene rings is 1. The highest BCUT2D eigenvalue weighted by atomic mass is 127. The van der Waals surface area contributed by atoms with Crippen LogP contribution in [0, 0.1) is 13.7 Å². The molecule has 0 saturated carbocycles. The van der Waals surface area contributed by atoms with Gasteiger partial charge in [-0.3, -0.25) is 19.7 Å². The maximum atomic E-state index is 11.5. The summed E-state index contributed by atoms with van der Waals surface area (Å²) >= 11 is -4.14. The van der Waals surface area contributed by atoms with E-state index in [0.29, 0.717) is 0 Å². The van der Waals surface area contributed by atoms with Gasteiger partial charge in [0.15, 0.2) is 3.57 Å². The Morgan fingerprint density at radius 3 is 2.47 bits per heavy atom. The Labute approximate surface area is 112 Å². The van der Waals surface area contributed by atoms with Crippen molar-refractivity contribution in [3.05, 3.63) is 37.4 Å². The summed E-state index contributed by atoms with van der Waals surface area (Å²) < 4.78 is 21.4. The smallest absolute Gasteiger partial charge is 0.347 e. The molecule has 1 aromatic carbocycles. The lowest BCUT2D eigenvalue weighted by Gasteiger charge is -2.02. The van der Waals surface area contributed by atoms with Crippen LogP contribution in [0.3, 0.4) is 0 Å². The van der Waals surface area contributed by atoms with Crippen molar-refractivity contribution in [1.82, 2.24) is 5.32 Å². The van der Waals surface area contributed by atoms with Crippen LogP contribution in [0.15, 0.2) is 18.2 Å². The van der Waals surface area contributed by atoms with Crippen molar-refractivity contribution in [2.24, 2.45) is 0 Å². The number of halogens is 1. The fraction of sp³-hybridized carbons (Fsp3) is 0.111. The normalized spacial score (nSPS) is 10.2. The number of nitro groups is 1. The Kier molecular flexibility index (Phi) is 4.86. The Bertz CT molecular complexity index is 615. The molecule has 0 aliphatic heterocycles. The summed E-state index contributed by atoms with van der Waals surface area (Å²) in [6, 6.07) is 2.81. The number of nitro benzene ring substituents is 1. The third-order valence-electron chi connectivity index (χ3n) is 1.97. The van der Waals surface area contributed by atoms with Gasteiger partial charge in [-0.05, 0) is 12.1 Å². The third kappa shape index (κ3) is 3.94. The third-order valence-corrected chi connectivity index (χ3v) is 3.79. The van der Waals surface area contributed by atoms with Crippen molar-refractivity contribution in [1.29, 1.82) is 0 Å². The van der Waals surface area contributed by atoms with Crippen LogP contribution in [-0.2, 0) is 10.9 Å². The second-order valence-electron chi connectivity index (χ2n) is 3.22. The number of carbonyl (C=O) groups excluding carboxylic acids is 1. The van der Waals surface area contributed by atoms with E-state index in [1.54, 1.807) is 0 Å². The van der Waals surface area contributed by atoms with E-state index in [4.69, 9.17) is 5.11 Å². The van der Waals surface area contributed by atoms with E-state index < -0.39 is 52.4 Å². The summed E-state index contributed by atoms with van der Waals surface area (Å²) in [5.74, 6) is -2.09. The maximum absolute atomic E-state index is 11.5. The Morgan fingerprint density at radius 2 is 2.00 bits per heavy atom. The summed E-state index contributed by atoms with van der Waals surface area (Å²) in [7, 11) is 0. The highest BCUT2D eigenvalue weighted by Crippen LogP contribution is 2.28. The molecule has 9 nitrogen and oxygen atoms in total. The lowest BCUT2D eigenvalue weighted by atomic mass is 10.2. The lowest BCUT2D eigenvalue weighted by molar-refractivity contribution is -0.385. The van der Waals surface area contributed by atoms with Crippen LogP contribution >= 0.6 is 19.8 Å². The van der Waals surface area contributed by atoms with Gasteiger partial charge >= 0.3 is 25.8 Å². The lowest BCUT2D eigenvalue weighted by Crippen LogP contribution is -2.29. The second-order valence-corrected chi connectivity index (χ2v) is 5.62. The molecular formula is C9H7IN2O7. The van der Waals surface area contributed by atoms with Crippen molar-refractivity contribution in [3.8, 4) is 0 Å². The predicted molar refractivity (Wildman–Crippen MR) is 67.2 cm³/mol. The van der Waals surface area contributed by atoms with Crippen LogP contribution in [0.1, 0.15) is 10.4 Å². The molecule has 0 aliphatic rings. The van der Waals surface area contributed by atoms with Gasteiger partial charge in [-0.15, -0.1) is 0 Å². The predicted octanol–water partition coefficient (Wildman–Crippen LogP) is 0.776. The topological polar surface area (TPSA) is 144 Å². The number of nitrogens with zero attached hydrogens (tertiary/aromatic N) is 1. The number of hydrogen-bond donors (Lipinski definition) is 2. The Hall–Kier alpha value is -2.11. The van der Waals surface area contributed by atoms with Gasteiger partial charge in [0.2, 0.25) is 0 Å². The van der Waals surface area contributed by atoms with Crippen molar-refractivity contribution in [2.75, 3.05) is 6.54 Å². The number of hydrogen-bond acceptors (Lipinski definition) is 6. The number of nitrogens with one attached hydrogen (secondary N) is 1. The number of rotatable bonds is 5. The molecule has 10 heteroatoms. The van der Waals surface area contributed by atoms with Crippen molar-refractivity contribution < 1.29 is 25.8 Å². The molecule has 0 aliphatic carbocycles. The summed E-state index contributed by atoms with van der Waals surface area (Å²) in [5.41, 5.74) is -0.763. The van der Waals surface area contributed by atoms with E-state index in [9.17, 15) is 25.8 Å². The van der Waals surface area contributed by atoms with Crippen LogP contribution < -0.4 is 5.32 Å². The molecule has 0 aromatic heterocycles. The van der Waals surface area contributed by atoms with Crippen molar-refractivity contribution in [2.45, 2.75) is 0 Å². The van der Waals surface area contributed by atoms with Gasteiger partial charge in [0, 0.05) is 11.6 Å². The summed E-state index contributed by atoms with van der Waals surface area (Å²) in [5, 5.41) is 21.0. The number of amides is 1. The van der Waals surface area contributed by atoms with E-state index in [1.807, 2.05) is 5.32 Å². The number of carbonyl (C=O) groups is 2. The first-order valence-electron chi connectivity index (χ1n) is 4.66. The van der Waals surface area contributed by atoms with Crippen LogP contribution in [-0.4, -0.2) is 28.5 Å². The van der Waals surface area contributed by atoms with Gasteiger partial charge in [0.1, 0.15) is 6.54 Å². The molecule has 102 valence electrons. The van der Waals surface area contributed by atoms with E-state index in [1.165, 1.54) is 0 Å². The number of carboxylic acid groups (broad SMARTS) is 1. The van der Waals surface area contributed by atoms with E-state index in [2.05, 4.69) is 0 Å². The van der Waals surface area contributed by atoms with Gasteiger partial charge < -0.3 is 10.4 Å². The van der Waals surface area contributed by atoms with Crippen LogP contribution in [0.2, 0.25) is 0 Å². The summed E-state index contributed by atoms with van der Waals surface area (Å²) in [4.78, 5) is 31.5. The molecule has 1 amide bonds. The van der Waals surface area contributed by atoms with Crippen LogP contribution in [0.5, 0.6) is 0 Å². The molecule has 1 aromatic rings. The fourth-order valence-corrected chi connectivity index (χ4v) is 2.60. The van der Waals surface area contributed by atoms with Gasteiger partial charge in [0.05, 0.1) is 4.92 Å². The zero-order valence-corrected chi connectivity index (χ0v) is 11.3. The minimum absolute atomic E-state index is 0.157. The highest BCUT2D eigenvalue weighted by Gasteiger charge is 2.20. The Balaban J connectivity index is 3.12. The van der Waals surface area contributed by atoms with Crippen LogP contribution in [0.25, 0.3) is 0 Å². The maximum Gasteiger partial charge on any atom is 0.347 e. The fourth-order valence-electron chi connectivity index (χ4n) is 1.18. The quantitative estimate of drug-likeness (QED) is 0.435. The van der Waals surface area contributed by atoms with Gasteiger partial charge in [-0.2, -0.15) is 0 Å². The molecule has 0 unspecified atom stereocenters. The molecular weight excluding hydrogens is 375 g/mol. The Morgan fingerprint density at radius 1 is 1.37 bits per heavy atom. The summed E-state index contributed by atoms with van der Waals surface area (Å²) in [6.45, 7) is -0.637. The minimum Gasteiger partial charge on any atom is -0.480 e. The molecule has 0 heterocycles. The molecule has 0 fully saturated rings. The largest absolute Gasteiger partial charge is 0.480 e. The molecule has 1 rings (SSSR count). The van der Waals surface area contributed by atoms with Crippen molar-refractivity contribution >= 4 is 37.4 Å². The van der Waals surface area contributed by atoms with Crippen LogP contribution in [0.4, 0.5) is 5.69 Å². The number of carboxylic acids is 1. The molecule has 0 spiro atoms. The average molecular weight is 382 g/mol. The monoisotopic (exact) mass is 382 g/mol. The zero-order valence-electron chi connectivity index (χ0n) is 9.16.